The highest BCUT2D eigenvalue weighted by molar-refractivity contribution is 5.76. The van der Waals surface area contributed by atoms with E-state index in [0.717, 1.165) is 47.7 Å². The van der Waals surface area contributed by atoms with Crippen LogP contribution in [0.3, 0.4) is 0 Å². The number of carbonyl (C=O) groups excluding carboxylic acids is 1. The zero-order valence-corrected chi connectivity index (χ0v) is 19.1. The van der Waals surface area contributed by atoms with Gasteiger partial charge in [0.2, 0.25) is 11.8 Å². The van der Waals surface area contributed by atoms with Gasteiger partial charge in [-0.1, -0.05) is 37.3 Å². The Hall–Kier alpha value is -3.12. The van der Waals surface area contributed by atoms with Crippen molar-refractivity contribution in [3.63, 3.8) is 0 Å². The van der Waals surface area contributed by atoms with Gasteiger partial charge in [-0.3, -0.25) is 4.79 Å². The van der Waals surface area contributed by atoms with Gasteiger partial charge in [0.15, 0.2) is 0 Å². The SMILES string of the molecule is CCC(=O)N(Cc1c(C)nn(-c2ccccc2)c1Oc1cccc(C)c1)C[C@H]1CCCO1. The first kappa shape index (κ1) is 22.1. The number of aromatic nitrogens is 2. The fraction of sp³-hybridized carbons (Fsp3) is 0.385. The van der Waals surface area contributed by atoms with E-state index >= 15 is 0 Å². The van der Waals surface area contributed by atoms with Gasteiger partial charge >= 0.3 is 0 Å². The summed E-state index contributed by atoms with van der Waals surface area (Å²) in [5.41, 5.74) is 3.79. The van der Waals surface area contributed by atoms with Gasteiger partial charge in [0, 0.05) is 19.6 Å². The van der Waals surface area contributed by atoms with Crippen molar-refractivity contribution < 1.29 is 14.3 Å². The molecule has 0 radical (unpaired) electrons. The van der Waals surface area contributed by atoms with Crippen molar-refractivity contribution in [2.24, 2.45) is 0 Å². The average Bonchev–Trinajstić information content (AvgIpc) is 3.42. The third-order valence-corrected chi connectivity index (χ3v) is 5.79. The molecule has 6 heteroatoms. The van der Waals surface area contributed by atoms with E-state index in [1.54, 1.807) is 0 Å². The molecule has 1 atom stereocenters. The third-order valence-electron chi connectivity index (χ3n) is 5.79. The lowest BCUT2D eigenvalue weighted by Crippen LogP contribution is -2.36. The molecule has 3 aromatic rings. The summed E-state index contributed by atoms with van der Waals surface area (Å²) in [6, 6.07) is 17.9. The number of para-hydroxylation sites is 1. The number of benzene rings is 2. The minimum Gasteiger partial charge on any atom is -0.439 e. The first-order valence-electron chi connectivity index (χ1n) is 11.3. The van der Waals surface area contributed by atoms with Crippen molar-refractivity contribution in [3.8, 4) is 17.3 Å². The fourth-order valence-corrected chi connectivity index (χ4v) is 4.06. The number of hydrogen-bond donors (Lipinski definition) is 0. The van der Waals surface area contributed by atoms with Gasteiger partial charge in [-0.05, 0) is 56.5 Å². The highest BCUT2D eigenvalue weighted by Crippen LogP contribution is 2.32. The van der Waals surface area contributed by atoms with E-state index in [4.69, 9.17) is 14.6 Å². The van der Waals surface area contributed by atoms with E-state index in [1.807, 2.05) is 85.0 Å². The number of carbonyl (C=O) groups is 1. The van der Waals surface area contributed by atoms with Crippen molar-refractivity contribution >= 4 is 5.91 Å². The average molecular weight is 434 g/mol. The van der Waals surface area contributed by atoms with E-state index < -0.39 is 0 Å². The molecule has 6 nitrogen and oxygen atoms in total. The Labute approximate surface area is 189 Å². The molecule has 0 N–H and O–H groups in total. The maximum absolute atomic E-state index is 12.8. The van der Waals surface area contributed by atoms with Gasteiger partial charge in [-0.25, -0.2) is 4.68 Å². The van der Waals surface area contributed by atoms with Gasteiger partial charge < -0.3 is 14.4 Å². The minimum absolute atomic E-state index is 0.0936. The van der Waals surface area contributed by atoms with Gasteiger partial charge in [0.1, 0.15) is 5.75 Å². The highest BCUT2D eigenvalue weighted by atomic mass is 16.5. The molecule has 0 aliphatic carbocycles. The Bertz CT molecular complexity index is 1060. The van der Waals surface area contributed by atoms with Crippen LogP contribution in [0.5, 0.6) is 11.6 Å². The lowest BCUT2D eigenvalue weighted by Gasteiger charge is -2.25. The van der Waals surface area contributed by atoms with Gasteiger partial charge in [-0.15, -0.1) is 0 Å². The number of ether oxygens (including phenoxy) is 2. The zero-order chi connectivity index (χ0) is 22.5. The largest absolute Gasteiger partial charge is 0.439 e. The molecule has 32 heavy (non-hydrogen) atoms. The quantitative estimate of drug-likeness (QED) is 0.490. The molecule has 4 rings (SSSR count). The van der Waals surface area contributed by atoms with Crippen molar-refractivity contribution in [2.75, 3.05) is 13.2 Å². The summed E-state index contributed by atoms with van der Waals surface area (Å²) in [5, 5.41) is 4.79. The molecule has 2 aromatic carbocycles. The number of aryl methyl sites for hydroxylation is 2. The van der Waals surface area contributed by atoms with Crippen LogP contribution >= 0.6 is 0 Å². The first-order valence-corrected chi connectivity index (χ1v) is 11.3. The van der Waals surface area contributed by atoms with Crippen LogP contribution in [-0.4, -0.2) is 39.8 Å². The second kappa shape index (κ2) is 10.0. The Morgan fingerprint density at radius 1 is 1.19 bits per heavy atom. The second-order valence-electron chi connectivity index (χ2n) is 8.30. The van der Waals surface area contributed by atoms with Crippen LogP contribution in [0.25, 0.3) is 5.69 Å². The van der Waals surface area contributed by atoms with Crippen molar-refractivity contribution in [1.82, 2.24) is 14.7 Å². The molecule has 1 amide bonds. The highest BCUT2D eigenvalue weighted by Gasteiger charge is 2.26. The molecule has 168 valence electrons. The van der Waals surface area contributed by atoms with E-state index in [-0.39, 0.29) is 12.0 Å². The molecular weight excluding hydrogens is 402 g/mol. The maximum Gasteiger partial charge on any atom is 0.227 e. The standard InChI is InChI=1S/C26H31N3O3/c1-4-25(30)28(17-23-14-9-15-31-23)18-24-20(3)27-29(21-11-6-5-7-12-21)26(24)32-22-13-8-10-19(2)16-22/h5-8,10-13,16,23H,4,9,14-15,17-18H2,1-3H3/t23-/m1/s1. The molecule has 1 saturated heterocycles. The van der Waals surface area contributed by atoms with Crippen molar-refractivity contribution in [2.45, 2.75) is 52.7 Å². The predicted molar refractivity (Wildman–Crippen MR) is 124 cm³/mol. The minimum atomic E-state index is 0.0936. The lowest BCUT2D eigenvalue weighted by molar-refractivity contribution is -0.133. The van der Waals surface area contributed by atoms with Gasteiger partial charge in [0.25, 0.3) is 0 Å². The first-order chi connectivity index (χ1) is 15.5. The van der Waals surface area contributed by atoms with E-state index in [0.29, 0.717) is 25.4 Å². The number of rotatable bonds is 8. The molecular formula is C26H31N3O3. The summed E-state index contributed by atoms with van der Waals surface area (Å²) < 4.78 is 14.1. The summed E-state index contributed by atoms with van der Waals surface area (Å²) in [6.07, 6.45) is 2.58. The Balaban J connectivity index is 1.72. The topological polar surface area (TPSA) is 56.6 Å². The van der Waals surface area contributed by atoms with Crippen LogP contribution in [0.15, 0.2) is 54.6 Å². The molecule has 0 unspecified atom stereocenters. The van der Waals surface area contributed by atoms with Crippen LogP contribution in [-0.2, 0) is 16.1 Å². The third kappa shape index (κ3) is 5.02. The normalized spacial score (nSPS) is 15.7. The Morgan fingerprint density at radius 2 is 2.00 bits per heavy atom. The second-order valence-corrected chi connectivity index (χ2v) is 8.30. The van der Waals surface area contributed by atoms with Crippen molar-refractivity contribution in [1.29, 1.82) is 0 Å². The monoisotopic (exact) mass is 433 g/mol. The predicted octanol–water partition coefficient (Wildman–Crippen LogP) is 5.20. The van der Waals surface area contributed by atoms with Crippen LogP contribution in [0.1, 0.15) is 43.0 Å². The van der Waals surface area contributed by atoms with Crippen molar-refractivity contribution in [3.05, 3.63) is 71.4 Å². The van der Waals surface area contributed by atoms with E-state index in [1.165, 1.54) is 0 Å². The van der Waals surface area contributed by atoms with Crippen LogP contribution in [0, 0.1) is 13.8 Å². The summed E-state index contributed by atoms with van der Waals surface area (Å²) >= 11 is 0. The number of nitrogens with zero attached hydrogens (tertiary/aromatic N) is 3. The van der Waals surface area contributed by atoms with Gasteiger partial charge in [-0.2, -0.15) is 5.10 Å². The maximum atomic E-state index is 12.8. The van der Waals surface area contributed by atoms with Crippen LogP contribution in [0.4, 0.5) is 0 Å². The Kier molecular flexibility index (Phi) is 6.90. The summed E-state index contributed by atoms with van der Waals surface area (Å²) in [6.45, 7) is 7.70. The fourth-order valence-electron chi connectivity index (χ4n) is 4.06. The molecule has 0 spiro atoms. The van der Waals surface area contributed by atoms with E-state index in [9.17, 15) is 4.79 Å². The number of amides is 1. The molecule has 1 aliphatic heterocycles. The Morgan fingerprint density at radius 3 is 2.69 bits per heavy atom. The summed E-state index contributed by atoms with van der Waals surface area (Å²) in [5.74, 6) is 1.49. The molecule has 0 saturated carbocycles. The summed E-state index contributed by atoms with van der Waals surface area (Å²) in [7, 11) is 0. The molecule has 2 heterocycles. The van der Waals surface area contributed by atoms with Crippen LogP contribution in [0.2, 0.25) is 0 Å². The van der Waals surface area contributed by atoms with Gasteiger partial charge in [0.05, 0.1) is 29.6 Å². The van der Waals surface area contributed by atoms with Crippen LogP contribution < -0.4 is 4.74 Å². The smallest absolute Gasteiger partial charge is 0.227 e. The summed E-state index contributed by atoms with van der Waals surface area (Å²) in [4.78, 5) is 14.7. The number of hydrogen-bond acceptors (Lipinski definition) is 4. The molecule has 0 bridgehead atoms. The van der Waals surface area contributed by atoms with E-state index in [2.05, 4.69) is 0 Å². The molecule has 1 aromatic heterocycles. The zero-order valence-electron chi connectivity index (χ0n) is 19.1. The molecule has 1 aliphatic rings. The lowest BCUT2D eigenvalue weighted by atomic mass is 10.1. The molecule has 1 fully saturated rings.